The number of thioether (sulfide) groups is 1. The van der Waals surface area contributed by atoms with Crippen LogP contribution >= 0.6 is 11.8 Å². The van der Waals surface area contributed by atoms with Crippen molar-refractivity contribution in [1.29, 1.82) is 0 Å². The first-order valence-corrected chi connectivity index (χ1v) is 7.52. The van der Waals surface area contributed by atoms with Crippen LogP contribution < -0.4 is 11.1 Å². The number of nitrogen functional groups attached to an aromatic ring is 1. The van der Waals surface area contributed by atoms with Gasteiger partial charge < -0.3 is 11.1 Å². The lowest BCUT2D eigenvalue weighted by Crippen LogP contribution is -2.30. The van der Waals surface area contributed by atoms with Crippen molar-refractivity contribution in [3.05, 3.63) is 47.7 Å². The lowest BCUT2D eigenvalue weighted by molar-refractivity contribution is -0.120. The third kappa shape index (κ3) is 4.75. The largest absolute Gasteiger partial charge is 0.384 e. The van der Waals surface area contributed by atoms with Gasteiger partial charge in [0.05, 0.1) is 5.25 Å². The summed E-state index contributed by atoms with van der Waals surface area (Å²) in [4.78, 5) is 20.5. The van der Waals surface area contributed by atoms with Crippen LogP contribution in [-0.4, -0.2) is 21.1 Å². The third-order valence-corrected chi connectivity index (χ3v) is 3.78. The van der Waals surface area contributed by atoms with Gasteiger partial charge in [0, 0.05) is 18.3 Å². The minimum Gasteiger partial charge on any atom is -0.384 e. The third-order valence-electron chi connectivity index (χ3n) is 2.81. The highest BCUT2D eigenvalue weighted by molar-refractivity contribution is 8.00. The Balaban J connectivity index is 1.90. The summed E-state index contributed by atoms with van der Waals surface area (Å²) in [5, 5.41) is 3.14. The molecule has 1 unspecified atom stereocenters. The van der Waals surface area contributed by atoms with Crippen molar-refractivity contribution in [2.45, 2.75) is 30.8 Å². The fourth-order valence-corrected chi connectivity index (χ4v) is 2.62. The molecular formula is C15H18N4OS. The zero-order valence-electron chi connectivity index (χ0n) is 12.0. The van der Waals surface area contributed by atoms with Crippen molar-refractivity contribution in [3.8, 4) is 0 Å². The predicted octanol–water partition coefficient (Wildman–Crippen LogP) is 2.16. The number of benzene rings is 1. The van der Waals surface area contributed by atoms with Gasteiger partial charge in [-0.2, -0.15) is 0 Å². The second-order valence-corrected chi connectivity index (χ2v) is 5.99. The van der Waals surface area contributed by atoms with Gasteiger partial charge in [0.15, 0.2) is 5.16 Å². The number of nitrogens with zero attached hydrogens (tertiary/aromatic N) is 2. The van der Waals surface area contributed by atoms with Crippen molar-refractivity contribution in [2.24, 2.45) is 0 Å². The van der Waals surface area contributed by atoms with Crippen molar-refractivity contribution in [2.75, 3.05) is 5.73 Å². The summed E-state index contributed by atoms with van der Waals surface area (Å²) < 4.78 is 0. The Morgan fingerprint density at radius 1 is 1.33 bits per heavy atom. The van der Waals surface area contributed by atoms with E-state index in [1.165, 1.54) is 11.8 Å². The first kappa shape index (κ1) is 15.3. The Bertz CT molecular complexity index is 598. The van der Waals surface area contributed by atoms with Crippen LogP contribution in [0.25, 0.3) is 0 Å². The molecule has 2 rings (SSSR count). The average molecular weight is 302 g/mol. The number of hydrogen-bond acceptors (Lipinski definition) is 5. The molecule has 1 atom stereocenters. The normalized spacial score (nSPS) is 11.9. The van der Waals surface area contributed by atoms with Crippen LogP contribution in [0.3, 0.4) is 0 Å². The summed E-state index contributed by atoms with van der Waals surface area (Å²) in [6.45, 7) is 4.19. The molecule has 0 saturated heterocycles. The number of anilines is 1. The SMILES string of the molecule is Cc1cc(N)nc(SC(C)C(=O)NCc2ccccc2)n1. The topological polar surface area (TPSA) is 80.9 Å². The minimum absolute atomic E-state index is 0.0486. The van der Waals surface area contributed by atoms with Crippen LogP contribution in [-0.2, 0) is 11.3 Å². The molecule has 0 aliphatic rings. The lowest BCUT2D eigenvalue weighted by atomic mass is 10.2. The van der Waals surface area contributed by atoms with Crippen LogP contribution in [0, 0.1) is 6.92 Å². The van der Waals surface area contributed by atoms with Gasteiger partial charge in [-0.3, -0.25) is 4.79 Å². The number of nitrogens with one attached hydrogen (secondary N) is 1. The molecule has 1 aromatic carbocycles. The smallest absolute Gasteiger partial charge is 0.233 e. The molecule has 0 radical (unpaired) electrons. The van der Waals surface area contributed by atoms with Crippen LogP contribution in [0.4, 0.5) is 5.82 Å². The minimum atomic E-state index is -0.282. The molecule has 6 heteroatoms. The number of amides is 1. The van der Waals surface area contributed by atoms with E-state index in [4.69, 9.17) is 5.73 Å². The summed E-state index contributed by atoms with van der Waals surface area (Å²) in [7, 11) is 0. The van der Waals surface area contributed by atoms with E-state index in [9.17, 15) is 4.79 Å². The average Bonchev–Trinajstić information content (AvgIpc) is 2.44. The van der Waals surface area contributed by atoms with Gasteiger partial charge in [-0.15, -0.1) is 0 Å². The second-order valence-electron chi connectivity index (χ2n) is 4.68. The van der Waals surface area contributed by atoms with E-state index in [-0.39, 0.29) is 11.2 Å². The van der Waals surface area contributed by atoms with Crippen molar-refractivity contribution < 1.29 is 4.79 Å². The molecule has 0 aliphatic heterocycles. The van der Waals surface area contributed by atoms with E-state index in [1.807, 2.05) is 44.2 Å². The molecule has 110 valence electrons. The highest BCUT2D eigenvalue weighted by atomic mass is 32.2. The maximum Gasteiger partial charge on any atom is 0.233 e. The molecule has 0 spiro atoms. The zero-order chi connectivity index (χ0) is 15.2. The van der Waals surface area contributed by atoms with Gasteiger partial charge in [-0.1, -0.05) is 42.1 Å². The van der Waals surface area contributed by atoms with Gasteiger partial charge in [-0.25, -0.2) is 9.97 Å². The molecule has 0 bridgehead atoms. The van der Waals surface area contributed by atoms with Crippen LogP contribution in [0.15, 0.2) is 41.6 Å². The van der Waals surface area contributed by atoms with Gasteiger partial charge in [0.25, 0.3) is 0 Å². The number of aromatic nitrogens is 2. The summed E-state index contributed by atoms with van der Waals surface area (Å²) in [6.07, 6.45) is 0. The maximum absolute atomic E-state index is 12.1. The van der Waals surface area contributed by atoms with Gasteiger partial charge in [-0.05, 0) is 19.4 Å². The van der Waals surface area contributed by atoms with Crippen molar-refractivity contribution in [1.82, 2.24) is 15.3 Å². The Kier molecular flexibility index (Phi) is 5.16. The predicted molar refractivity (Wildman–Crippen MR) is 84.8 cm³/mol. The molecule has 1 heterocycles. The Hall–Kier alpha value is -2.08. The molecule has 3 N–H and O–H groups in total. The van der Waals surface area contributed by atoms with Crippen LogP contribution in [0.2, 0.25) is 0 Å². The van der Waals surface area contributed by atoms with Gasteiger partial charge in [0.1, 0.15) is 5.82 Å². The highest BCUT2D eigenvalue weighted by Gasteiger charge is 2.16. The number of nitrogens with two attached hydrogens (primary N) is 1. The Morgan fingerprint density at radius 2 is 2.05 bits per heavy atom. The fraction of sp³-hybridized carbons (Fsp3) is 0.267. The first-order valence-electron chi connectivity index (χ1n) is 6.64. The van der Waals surface area contributed by atoms with Gasteiger partial charge in [0.2, 0.25) is 5.91 Å². The fourth-order valence-electron chi connectivity index (χ4n) is 1.76. The molecule has 2 aromatic rings. The summed E-state index contributed by atoms with van der Waals surface area (Å²) in [6, 6.07) is 11.5. The molecule has 21 heavy (non-hydrogen) atoms. The molecule has 0 aliphatic carbocycles. The highest BCUT2D eigenvalue weighted by Crippen LogP contribution is 2.20. The van der Waals surface area contributed by atoms with Crippen molar-refractivity contribution >= 4 is 23.5 Å². The van der Waals surface area contributed by atoms with Crippen LogP contribution in [0.1, 0.15) is 18.2 Å². The molecule has 5 nitrogen and oxygen atoms in total. The summed E-state index contributed by atoms with van der Waals surface area (Å²) >= 11 is 1.30. The quantitative estimate of drug-likeness (QED) is 0.653. The van der Waals surface area contributed by atoms with Crippen LogP contribution in [0.5, 0.6) is 0 Å². The number of carbonyl (C=O) groups is 1. The Labute approximate surface area is 128 Å². The summed E-state index contributed by atoms with van der Waals surface area (Å²) in [5.74, 6) is 0.370. The summed E-state index contributed by atoms with van der Waals surface area (Å²) in [5.41, 5.74) is 7.54. The first-order chi connectivity index (χ1) is 10.0. The maximum atomic E-state index is 12.1. The molecule has 1 aromatic heterocycles. The molecule has 1 amide bonds. The number of aryl methyl sites for hydroxylation is 1. The number of carbonyl (C=O) groups excluding carboxylic acids is 1. The molecular weight excluding hydrogens is 284 g/mol. The number of hydrogen-bond donors (Lipinski definition) is 2. The second kappa shape index (κ2) is 7.08. The standard InChI is InChI=1S/C15H18N4OS/c1-10-8-13(16)19-15(18-10)21-11(2)14(20)17-9-12-6-4-3-5-7-12/h3-8,11H,9H2,1-2H3,(H,17,20)(H2,16,18,19). The van der Waals surface area contributed by atoms with E-state index in [0.717, 1.165) is 11.3 Å². The lowest BCUT2D eigenvalue weighted by Gasteiger charge is -2.11. The molecule has 0 saturated carbocycles. The van der Waals surface area contributed by atoms with E-state index < -0.39 is 0 Å². The van der Waals surface area contributed by atoms with E-state index >= 15 is 0 Å². The molecule has 0 fully saturated rings. The van der Waals surface area contributed by atoms with Gasteiger partial charge >= 0.3 is 0 Å². The van der Waals surface area contributed by atoms with E-state index in [0.29, 0.717) is 17.5 Å². The monoisotopic (exact) mass is 302 g/mol. The van der Waals surface area contributed by atoms with E-state index in [1.54, 1.807) is 6.07 Å². The Morgan fingerprint density at radius 3 is 2.71 bits per heavy atom. The van der Waals surface area contributed by atoms with E-state index in [2.05, 4.69) is 15.3 Å². The van der Waals surface area contributed by atoms with Crippen molar-refractivity contribution in [3.63, 3.8) is 0 Å². The number of rotatable bonds is 5. The zero-order valence-corrected chi connectivity index (χ0v) is 12.9.